The van der Waals surface area contributed by atoms with Gasteiger partial charge in [0.15, 0.2) is 0 Å². The lowest BCUT2D eigenvalue weighted by molar-refractivity contribution is -0.173. The minimum absolute atomic E-state index is 0.0591. The topological polar surface area (TPSA) is 61.0 Å². The second-order valence-corrected chi connectivity index (χ2v) is 4.03. The molecule has 18 heavy (non-hydrogen) atoms. The predicted octanol–water partition coefficient (Wildman–Crippen LogP) is 1.93. The maximum atomic E-state index is 11.8. The minimum Gasteiger partial charge on any atom is -0.372 e. The van der Waals surface area contributed by atoms with E-state index in [9.17, 15) is 13.2 Å². The second-order valence-electron chi connectivity index (χ2n) is 4.03. The first-order valence-electron chi connectivity index (χ1n) is 5.52. The Morgan fingerprint density at radius 2 is 2.11 bits per heavy atom. The first kappa shape index (κ1) is 14.8. The van der Waals surface area contributed by atoms with E-state index >= 15 is 0 Å². The Kier molecular flexibility index (Phi) is 5.03. The molecule has 4 nitrogen and oxygen atoms in total. The van der Waals surface area contributed by atoms with Crippen molar-refractivity contribution in [1.29, 1.82) is 0 Å². The summed E-state index contributed by atoms with van der Waals surface area (Å²) in [6.45, 7) is 2.30. The smallest absolute Gasteiger partial charge is 0.372 e. The van der Waals surface area contributed by atoms with Crippen LogP contribution in [0.4, 0.5) is 13.2 Å². The Hall–Kier alpha value is -1.21. The number of rotatable bonds is 5. The highest BCUT2D eigenvalue weighted by atomic mass is 19.4. The maximum Gasteiger partial charge on any atom is 0.411 e. The van der Waals surface area contributed by atoms with Gasteiger partial charge in [0.25, 0.3) is 0 Å². The fraction of sp³-hybridized carbons (Fsp3) is 0.636. The van der Waals surface area contributed by atoms with Crippen LogP contribution in [0.2, 0.25) is 0 Å². The Balaban J connectivity index is 2.47. The second kappa shape index (κ2) is 6.10. The molecule has 1 rings (SSSR count). The third-order valence-corrected chi connectivity index (χ3v) is 2.29. The summed E-state index contributed by atoms with van der Waals surface area (Å²) in [6, 6.07) is -0.166. The molecule has 1 atom stereocenters. The van der Waals surface area contributed by atoms with Gasteiger partial charge < -0.3 is 10.5 Å². The van der Waals surface area contributed by atoms with Crippen LogP contribution in [0.15, 0.2) is 6.20 Å². The summed E-state index contributed by atoms with van der Waals surface area (Å²) >= 11 is 0. The van der Waals surface area contributed by atoms with Crippen molar-refractivity contribution < 1.29 is 17.9 Å². The molecule has 1 aromatic rings. The van der Waals surface area contributed by atoms with Crippen molar-refractivity contribution in [3.63, 3.8) is 0 Å². The van der Waals surface area contributed by atoms with Gasteiger partial charge in [-0.2, -0.15) is 13.2 Å². The number of nitrogens with zero attached hydrogens (tertiary/aromatic N) is 2. The molecule has 102 valence electrons. The van der Waals surface area contributed by atoms with Crippen molar-refractivity contribution in [2.75, 3.05) is 13.2 Å². The van der Waals surface area contributed by atoms with Gasteiger partial charge in [-0.05, 0) is 13.8 Å². The third kappa shape index (κ3) is 4.97. The molecule has 0 saturated heterocycles. The highest BCUT2D eigenvalue weighted by molar-refractivity contribution is 5.19. The van der Waals surface area contributed by atoms with Crippen LogP contribution in [-0.2, 0) is 11.2 Å². The first-order chi connectivity index (χ1) is 8.29. The van der Waals surface area contributed by atoms with E-state index in [2.05, 4.69) is 14.7 Å². The van der Waals surface area contributed by atoms with Crippen LogP contribution in [0, 0.1) is 6.92 Å². The van der Waals surface area contributed by atoms with Crippen molar-refractivity contribution in [2.24, 2.45) is 5.73 Å². The molecule has 2 N–H and O–H groups in total. The summed E-state index contributed by atoms with van der Waals surface area (Å²) in [5.74, 6) is 0.457. The first-order valence-corrected chi connectivity index (χ1v) is 5.52. The van der Waals surface area contributed by atoms with Crippen LogP contribution in [0.3, 0.4) is 0 Å². The number of ether oxygens (including phenoxy) is 1. The number of hydrogen-bond acceptors (Lipinski definition) is 4. The Bertz CT molecular complexity index is 394. The van der Waals surface area contributed by atoms with Gasteiger partial charge in [0, 0.05) is 29.9 Å². The zero-order chi connectivity index (χ0) is 13.8. The average molecular weight is 263 g/mol. The van der Waals surface area contributed by atoms with E-state index < -0.39 is 12.8 Å². The zero-order valence-corrected chi connectivity index (χ0v) is 10.3. The SMILES string of the molecule is Cc1nc(CCOCC(F)(F)F)ncc1[C@@H](C)N. The lowest BCUT2D eigenvalue weighted by Gasteiger charge is -2.10. The number of alkyl halides is 3. The van der Waals surface area contributed by atoms with Gasteiger partial charge >= 0.3 is 6.18 Å². The molecule has 1 heterocycles. The van der Waals surface area contributed by atoms with Crippen molar-refractivity contribution in [1.82, 2.24) is 9.97 Å². The Morgan fingerprint density at radius 1 is 1.44 bits per heavy atom. The quantitative estimate of drug-likeness (QED) is 0.824. The minimum atomic E-state index is -4.30. The molecule has 0 fully saturated rings. The molecular weight excluding hydrogens is 247 g/mol. The lowest BCUT2D eigenvalue weighted by atomic mass is 10.1. The molecule has 0 aliphatic carbocycles. The molecule has 0 aliphatic heterocycles. The molecule has 0 saturated carbocycles. The molecule has 0 amide bonds. The van der Waals surface area contributed by atoms with E-state index in [4.69, 9.17) is 5.73 Å². The van der Waals surface area contributed by atoms with Gasteiger partial charge in [-0.3, -0.25) is 0 Å². The molecule has 0 spiro atoms. The van der Waals surface area contributed by atoms with Crippen LogP contribution >= 0.6 is 0 Å². The van der Waals surface area contributed by atoms with Gasteiger partial charge in [0.1, 0.15) is 12.4 Å². The van der Waals surface area contributed by atoms with Gasteiger partial charge in [0.05, 0.1) is 6.61 Å². The summed E-state index contributed by atoms with van der Waals surface area (Å²) in [5.41, 5.74) is 7.27. The number of halogens is 3. The van der Waals surface area contributed by atoms with Gasteiger partial charge in [-0.15, -0.1) is 0 Å². The van der Waals surface area contributed by atoms with E-state index in [1.165, 1.54) is 0 Å². The van der Waals surface area contributed by atoms with Gasteiger partial charge in [0.2, 0.25) is 0 Å². The molecule has 7 heteroatoms. The van der Waals surface area contributed by atoms with Gasteiger partial charge in [-0.1, -0.05) is 0 Å². The van der Waals surface area contributed by atoms with E-state index in [1.54, 1.807) is 13.1 Å². The Labute approximate surface area is 103 Å². The Morgan fingerprint density at radius 3 is 2.61 bits per heavy atom. The molecule has 1 aromatic heterocycles. The van der Waals surface area contributed by atoms with E-state index in [1.807, 2.05) is 6.92 Å². The molecule has 0 radical (unpaired) electrons. The summed E-state index contributed by atoms with van der Waals surface area (Å²) < 4.78 is 39.9. The van der Waals surface area contributed by atoms with E-state index in [-0.39, 0.29) is 19.1 Å². The lowest BCUT2D eigenvalue weighted by Crippen LogP contribution is -2.18. The normalized spacial score (nSPS) is 13.7. The molecule has 0 unspecified atom stereocenters. The standard InChI is InChI=1S/C11H16F3N3O/c1-7(15)9-5-16-10(17-8(9)2)3-4-18-6-11(12,13)14/h5,7H,3-4,6,15H2,1-2H3/t7-/m1/s1. The molecular formula is C11H16F3N3O. The van der Waals surface area contributed by atoms with Crippen LogP contribution in [0.25, 0.3) is 0 Å². The summed E-state index contributed by atoms with van der Waals surface area (Å²) in [7, 11) is 0. The summed E-state index contributed by atoms with van der Waals surface area (Å²) in [6.07, 6.45) is -2.45. The van der Waals surface area contributed by atoms with Crippen molar-refractivity contribution >= 4 is 0 Å². The molecule has 0 aliphatic rings. The summed E-state index contributed by atoms with van der Waals surface area (Å²) in [5, 5.41) is 0. The number of hydrogen-bond donors (Lipinski definition) is 1. The fourth-order valence-corrected chi connectivity index (χ4v) is 1.44. The molecule has 0 aromatic carbocycles. The van der Waals surface area contributed by atoms with Crippen LogP contribution in [0.5, 0.6) is 0 Å². The fourth-order valence-electron chi connectivity index (χ4n) is 1.44. The molecule has 0 bridgehead atoms. The summed E-state index contributed by atoms with van der Waals surface area (Å²) in [4.78, 5) is 8.22. The zero-order valence-electron chi connectivity index (χ0n) is 10.3. The monoisotopic (exact) mass is 263 g/mol. The number of aromatic nitrogens is 2. The largest absolute Gasteiger partial charge is 0.411 e. The van der Waals surface area contributed by atoms with E-state index in [0.29, 0.717) is 5.82 Å². The van der Waals surface area contributed by atoms with Crippen LogP contribution < -0.4 is 5.73 Å². The van der Waals surface area contributed by atoms with Crippen LogP contribution in [-0.4, -0.2) is 29.4 Å². The average Bonchev–Trinajstić information content (AvgIpc) is 2.22. The van der Waals surface area contributed by atoms with E-state index in [0.717, 1.165) is 11.3 Å². The van der Waals surface area contributed by atoms with Crippen molar-refractivity contribution in [3.8, 4) is 0 Å². The van der Waals surface area contributed by atoms with Crippen LogP contribution in [0.1, 0.15) is 30.0 Å². The van der Waals surface area contributed by atoms with Crippen molar-refractivity contribution in [2.45, 2.75) is 32.5 Å². The van der Waals surface area contributed by atoms with Gasteiger partial charge in [-0.25, -0.2) is 9.97 Å². The van der Waals surface area contributed by atoms with Crippen molar-refractivity contribution in [3.05, 3.63) is 23.3 Å². The number of aryl methyl sites for hydroxylation is 1. The maximum absolute atomic E-state index is 11.8. The predicted molar refractivity (Wildman–Crippen MR) is 59.9 cm³/mol. The third-order valence-electron chi connectivity index (χ3n) is 2.29. The number of nitrogens with two attached hydrogens (primary N) is 1. The highest BCUT2D eigenvalue weighted by Gasteiger charge is 2.27. The highest BCUT2D eigenvalue weighted by Crippen LogP contribution is 2.15.